The zero-order chi connectivity index (χ0) is 21.6. The van der Waals surface area contributed by atoms with Crippen LogP contribution < -0.4 is 14.4 Å². The van der Waals surface area contributed by atoms with Crippen molar-refractivity contribution in [3.05, 3.63) is 58.6 Å². The van der Waals surface area contributed by atoms with Gasteiger partial charge in [0.05, 0.1) is 18.5 Å². The molecule has 0 aliphatic rings. The minimum Gasteiger partial charge on any atom is -0.492 e. The van der Waals surface area contributed by atoms with Gasteiger partial charge in [0.2, 0.25) is 15.9 Å². The van der Waals surface area contributed by atoms with Gasteiger partial charge in [0.15, 0.2) is 0 Å². The Morgan fingerprint density at radius 3 is 2.38 bits per heavy atom. The third-order valence-electron chi connectivity index (χ3n) is 4.43. The van der Waals surface area contributed by atoms with Crippen LogP contribution in [0.5, 0.6) is 5.75 Å². The number of nitrogens with zero attached hydrogens (tertiary/aromatic N) is 1. The van der Waals surface area contributed by atoms with Gasteiger partial charge in [-0.25, -0.2) is 8.42 Å². The minimum atomic E-state index is -3.70. The number of aryl methyl sites for hydroxylation is 2. The molecule has 1 amide bonds. The van der Waals surface area contributed by atoms with Gasteiger partial charge in [-0.3, -0.25) is 9.10 Å². The van der Waals surface area contributed by atoms with Crippen LogP contribution >= 0.6 is 11.6 Å². The van der Waals surface area contributed by atoms with Crippen molar-refractivity contribution in [1.29, 1.82) is 0 Å². The molecule has 2 aromatic rings. The first-order chi connectivity index (χ1) is 13.6. The van der Waals surface area contributed by atoms with Crippen LogP contribution in [0.1, 0.15) is 24.5 Å². The zero-order valence-electron chi connectivity index (χ0n) is 17.1. The van der Waals surface area contributed by atoms with Crippen LogP contribution in [-0.2, 0) is 14.8 Å². The summed E-state index contributed by atoms with van der Waals surface area (Å²) in [6.07, 6.45) is 1.39. The lowest BCUT2D eigenvalue weighted by molar-refractivity contribution is -0.122. The van der Waals surface area contributed by atoms with Crippen molar-refractivity contribution < 1.29 is 17.9 Å². The quantitative estimate of drug-likeness (QED) is 0.606. The van der Waals surface area contributed by atoms with E-state index in [0.29, 0.717) is 22.9 Å². The molecule has 0 spiro atoms. The molecule has 0 radical (unpaired) electrons. The second-order valence-corrected chi connectivity index (χ2v) is 9.14. The fourth-order valence-electron chi connectivity index (χ4n) is 2.87. The second-order valence-electron chi connectivity index (χ2n) is 6.87. The Morgan fingerprint density at radius 1 is 1.17 bits per heavy atom. The zero-order valence-corrected chi connectivity index (χ0v) is 18.7. The van der Waals surface area contributed by atoms with Crippen LogP contribution in [0.3, 0.4) is 0 Å². The SMILES string of the molecule is CCC(C(=O)NCCOc1ccc(C)cc1)N(c1ccc(C)c(Cl)c1)S(C)(=O)=O. The molecule has 0 saturated heterocycles. The summed E-state index contributed by atoms with van der Waals surface area (Å²) in [7, 11) is -3.70. The summed E-state index contributed by atoms with van der Waals surface area (Å²) < 4.78 is 31.6. The molecule has 2 rings (SSSR count). The van der Waals surface area contributed by atoms with E-state index in [-0.39, 0.29) is 19.1 Å². The third kappa shape index (κ3) is 6.37. The summed E-state index contributed by atoms with van der Waals surface area (Å²) in [6.45, 7) is 6.12. The van der Waals surface area contributed by atoms with Crippen LogP contribution in [0.4, 0.5) is 5.69 Å². The highest BCUT2D eigenvalue weighted by Gasteiger charge is 2.31. The minimum absolute atomic E-state index is 0.259. The molecule has 0 aliphatic heterocycles. The van der Waals surface area contributed by atoms with Gasteiger partial charge < -0.3 is 10.1 Å². The van der Waals surface area contributed by atoms with Crippen LogP contribution in [0.2, 0.25) is 5.02 Å². The van der Waals surface area contributed by atoms with E-state index in [1.54, 1.807) is 25.1 Å². The maximum absolute atomic E-state index is 12.7. The van der Waals surface area contributed by atoms with Crippen molar-refractivity contribution in [2.24, 2.45) is 0 Å². The topological polar surface area (TPSA) is 75.7 Å². The predicted octanol–water partition coefficient (Wildman–Crippen LogP) is 3.70. The smallest absolute Gasteiger partial charge is 0.244 e. The highest BCUT2D eigenvalue weighted by atomic mass is 35.5. The van der Waals surface area contributed by atoms with Crippen molar-refractivity contribution in [3.63, 3.8) is 0 Å². The van der Waals surface area contributed by atoms with Gasteiger partial charge in [0.25, 0.3) is 0 Å². The molecule has 6 nitrogen and oxygen atoms in total. The number of hydrogen-bond donors (Lipinski definition) is 1. The molecule has 0 aliphatic carbocycles. The second kappa shape index (κ2) is 9.98. The van der Waals surface area contributed by atoms with E-state index in [1.807, 2.05) is 38.1 Å². The summed E-state index contributed by atoms with van der Waals surface area (Å²) >= 11 is 6.17. The Hall–Kier alpha value is -2.25. The largest absolute Gasteiger partial charge is 0.492 e. The molecule has 0 bridgehead atoms. The number of halogens is 1. The molecule has 1 N–H and O–H groups in total. The molecule has 1 unspecified atom stereocenters. The Morgan fingerprint density at radius 2 is 1.83 bits per heavy atom. The lowest BCUT2D eigenvalue weighted by atomic mass is 10.1. The van der Waals surface area contributed by atoms with Crippen LogP contribution in [-0.4, -0.2) is 39.8 Å². The summed E-state index contributed by atoms with van der Waals surface area (Å²) in [5.74, 6) is 0.325. The van der Waals surface area contributed by atoms with Crippen molar-refractivity contribution in [1.82, 2.24) is 5.32 Å². The first-order valence-electron chi connectivity index (χ1n) is 9.36. The van der Waals surface area contributed by atoms with E-state index >= 15 is 0 Å². The highest BCUT2D eigenvalue weighted by Crippen LogP contribution is 2.27. The summed E-state index contributed by atoms with van der Waals surface area (Å²) in [6, 6.07) is 11.7. The Labute approximate surface area is 177 Å². The Bertz CT molecular complexity index is 946. The average Bonchev–Trinajstić information content (AvgIpc) is 2.66. The number of benzene rings is 2. The van der Waals surface area contributed by atoms with E-state index in [0.717, 1.165) is 21.7 Å². The van der Waals surface area contributed by atoms with Gasteiger partial charge in [-0.1, -0.05) is 42.3 Å². The molecule has 1 atom stereocenters. The number of anilines is 1. The van der Waals surface area contributed by atoms with Crippen LogP contribution in [0, 0.1) is 13.8 Å². The maximum Gasteiger partial charge on any atom is 0.244 e. The van der Waals surface area contributed by atoms with E-state index < -0.39 is 16.1 Å². The predicted molar refractivity (Wildman–Crippen MR) is 117 cm³/mol. The number of ether oxygens (including phenoxy) is 1. The molecule has 0 heterocycles. The van der Waals surface area contributed by atoms with Gasteiger partial charge in [0, 0.05) is 5.02 Å². The molecule has 0 aromatic heterocycles. The van der Waals surface area contributed by atoms with E-state index in [9.17, 15) is 13.2 Å². The van der Waals surface area contributed by atoms with E-state index in [1.165, 1.54) is 0 Å². The monoisotopic (exact) mass is 438 g/mol. The van der Waals surface area contributed by atoms with Gasteiger partial charge in [-0.2, -0.15) is 0 Å². The van der Waals surface area contributed by atoms with Crippen molar-refractivity contribution in [3.8, 4) is 5.75 Å². The average molecular weight is 439 g/mol. The number of hydrogen-bond acceptors (Lipinski definition) is 4. The number of carbonyl (C=O) groups is 1. The fraction of sp³-hybridized carbons (Fsp3) is 0.381. The van der Waals surface area contributed by atoms with Gasteiger partial charge in [-0.15, -0.1) is 0 Å². The number of carbonyl (C=O) groups excluding carboxylic acids is 1. The normalized spacial score (nSPS) is 12.3. The molecule has 0 fully saturated rings. The number of nitrogens with one attached hydrogen (secondary N) is 1. The lowest BCUT2D eigenvalue weighted by Gasteiger charge is -2.30. The number of amides is 1. The number of rotatable bonds is 9. The Balaban J connectivity index is 2.07. The highest BCUT2D eigenvalue weighted by molar-refractivity contribution is 7.92. The molecule has 158 valence electrons. The van der Waals surface area contributed by atoms with E-state index in [2.05, 4.69) is 5.32 Å². The molecular formula is C21H27ClN2O4S. The van der Waals surface area contributed by atoms with E-state index in [4.69, 9.17) is 16.3 Å². The first-order valence-corrected chi connectivity index (χ1v) is 11.6. The first kappa shape index (κ1) is 23.0. The summed E-state index contributed by atoms with van der Waals surface area (Å²) in [4.78, 5) is 12.7. The molecule has 2 aromatic carbocycles. The molecule has 8 heteroatoms. The van der Waals surface area contributed by atoms with Gasteiger partial charge in [0.1, 0.15) is 18.4 Å². The lowest BCUT2D eigenvalue weighted by Crippen LogP contribution is -2.50. The molecule has 0 saturated carbocycles. The summed E-state index contributed by atoms with van der Waals surface area (Å²) in [5.41, 5.74) is 2.32. The maximum atomic E-state index is 12.7. The standard InChI is InChI=1S/C21H27ClN2O4S/c1-5-20(21(25)23-12-13-28-18-10-6-15(2)7-11-18)24(29(4,26)27)17-9-8-16(3)19(22)14-17/h6-11,14,20H,5,12-13H2,1-4H3,(H,23,25). The molecule has 29 heavy (non-hydrogen) atoms. The van der Waals surface area contributed by atoms with Crippen molar-refractivity contribution in [2.75, 3.05) is 23.7 Å². The van der Waals surface area contributed by atoms with Crippen molar-refractivity contribution in [2.45, 2.75) is 33.2 Å². The molecular weight excluding hydrogens is 412 g/mol. The third-order valence-corrected chi connectivity index (χ3v) is 6.02. The van der Waals surface area contributed by atoms with Crippen molar-refractivity contribution >= 4 is 33.2 Å². The van der Waals surface area contributed by atoms with Crippen LogP contribution in [0.15, 0.2) is 42.5 Å². The fourth-order valence-corrected chi connectivity index (χ4v) is 4.25. The number of sulfonamides is 1. The Kier molecular flexibility index (Phi) is 7.93. The van der Waals surface area contributed by atoms with Crippen LogP contribution in [0.25, 0.3) is 0 Å². The van der Waals surface area contributed by atoms with Gasteiger partial charge in [-0.05, 0) is 50.1 Å². The van der Waals surface area contributed by atoms with Gasteiger partial charge >= 0.3 is 0 Å². The summed E-state index contributed by atoms with van der Waals surface area (Å²) in [5, 5.41) is 3.20.